The van der Waals surface area contributed by atoms with E-state index >= 15 is 0 Å². The number of anilines is 1. The molecular weight excluding hydrogens is 342 g/mol. The molecule has 2 aromatic rings. The number of imide groups is 1. The zero-order valence-corrected chi connectivity index (χ0v) is 15.5. The van der Waals surface area contributed by atoms with Crippen molar-refractivity contribution in [2.75, 3.05) is 11.9 Å². The Bertz CT molecular complexity index is 849. The van der Waals surface area contributed by atoms with Crippen molar-refractivity contribution in [3.8, 4) is 0 Å². The van der Waals surface area contributed by atoms with Crippen molar-refractivity contribution in [2.24, 2.45) is 0 Å². The van der Waals surface area contributed by atoms with Gasteiger partial charge in [0.05, 0.1) is 0 Å². The van der Waals surface area contributed by atoms with Crippen molar-refractivity contribution in [3.63, 3.8) is 0 Å². The predicted molar refractivity (Wildman–Crippen MR) is 103 cm³/mol. The average Bonchev–Trinajstić information content (AvgIpc) is 2.86. The van der Waals surface area contributed by atoms with Gasteiger partial charge in [0, 0.05) is 5.69 Å². The van der Waals surface area contributed by atoms with E-state index < -0.39 is 17.5 Å². The van der Waals surface area contributed by atoms with E-state index in [9.17, 15) is 14.4 Å². The average molecular weight is 365 g/mol. The van der Waals surface area contributed by atoms with Crippen LogP contribution in [0.5, 0.6) is 0 Å². The molecule has 2 aromatic carbocycles. The quantitative estimate of drug-likeness (QED) is 0.773. The molecule has 3 rings (SSSR count). The van der Waals surface area contributed by atoms with Gasteiger partial charge in [0.2, 0.25) is 5.91 Å². The molecule has 1 fully saturated rings. The SMILES string of the molecule is Cc1ccc(NC(=O)CN2C(=O)N[C@@](C)(CCc3ccccc3)C2=O)cc1. The van der Waals surface area contributed by atoms with Crippen LogP contribution in [0.25, 0.3) is 0 Å². The fourth-order valence-electron chi connectivity index (χ4n) is 3.08. The van der Waals surface area contributed by atoms with Crippen LogP contribution >= 0.6 is 0 Å². The van der Waals surface area contributed by atoms with Gasteiger partial charge >= 0.3 is 6.03 Å². The maximum Gasteiger partial charge on any atom is 0.325 e. The van der Waals surface area contributed by atoms with Crippen LogP contribution in [0.4, 0.5) is 10.5 Å². The summed E-state index contributed by atoms with van der Waals surface area (Å²) in [5, 5.41) is 5.44. The molecule has 0 aromatic heterocycles. The van der Waals surface area contributed by atoms with Gasteiger partial charge in [-0.1, -0.05) is 48.0 Å². The second-order valence-electron chi connectivity index (χ2n) is 7.05. The van der Waals surface area contributed by atoms with E-state index in [1.807, 2.05) is 49.4 Å². The molecule has 1 atom stereocenters. The highest BCUT2D eigenvalue weighted by Gasteiger charge is 2.47. The van der Waals surface area contributed by atoms with E-state index in [2.05, 4.69) is 10.6 Å². The first-order chi connectivity index (χ1) is 12.9. The van der Waals surface area contributed by atoms with Crippen molar-refractivity contribution < 1.29 is 14.4 Å². The molecule has 0 bridgehead atoms. The van der Waals surface area contributed by atoms with Crippen molar-refractivity contribution in [3.05, 3.63) is 65.7 Å². The van der Waals surface area contributed by atoms with Gasteiger partial charge in [0.1, 0.15) is 12.1 Å². The highest BCUT2D eigenvalue weighted by atomic mass is 16.2. The van der Waals surface area contributed by atoms with Gasteiger partial charge in [-0.05, 0) is 44.4 Å². The molecular formula is C21H23N3O3. The first-order valence-electron chi connectivity index (χ1n) is 8.92. The highest BCUT2D eigenvalue weighted by Crippen LogP contribution is 2.23. The summed E-state index contributed by atoms with van der Waals surface area (Å²) >= 11 is 0. The summed E-state index contributed by atoms with van der Waals surface area (Å²) in [6.45, 7) is 3.35. The Morgan fingerprint density at radius 1 is 1.07 bits per heavy atom. The molecule has 2 N–H and O–H groups in total. The molecule has 6 heteroatoms. The van der Waals surface area contributed by atoms with E-state index in [0.29, 0.717) is 18.5 Å². The second kappa shape index (κ2) is 7.61. The monoisotopic (exact) mass is 365 g/mol. The molecule has 27 heavy (non-hydrogen) atoms. The van der Waals surface area contributed by atoms with E-state index in [4.69, 9.17) is 0 Å². The summed E-state index contributed by atoms with van der Waals surface area (Å²) in [6, 6.07) is 16.6. The number of carbonyl (C=O) groups is 3. The van der Waals surface area contributed by atoms with Gasteiger partial charge in [-0.2, -0.15) is 0 Å². The van der Waals surface area contributed by atoms with E-state index in [1.54, 1.807) is 19.1 Å². The van der Waals surface area contributed by atoms with Crippen molar-refractivity contribution in [1.29, 1.82) is 0 Å². The number of urea groups is 1. The molecule has 0 aliphatic carbocycles. The number of amides is 4. The minimum Gasteiger partial charge on any atom is -0.325 e. The molecule has 4 amide bonds. The molecule has 1 heterocycles. The Hall–Kier alpha value is -3.15. The van der Waals surface area contributed by atoms with Gasteiger partial charge in [0.25, 0.3) is 5.91 Å². The van der Waals surface area contributed by atoms with Crippen molar-refractivity contribution >= 4 is 23.5 Å². The largest absolute Gasteiger partial charge is 0.325 e. The lowest BCUT2D eigenvalue weighted by atomic mass is 9.93. The number of rotatable bonds is 6. The lowest BCUT2D eigenvalue weighted by molar-refractivity contribution is -0.133. The first-order valence-corrected chi connectivity index (χ1v) is 8.92. The summed E-state index contributed by atoms with van der Waals surface area (Å²) in [5.41, 5.74) is 1.80. The maximum absolute atomic E-state index is 12.8. The molecule has 0 spiro atoms. The number of hydrogen-bond acceptors (Lipinski definition) is 3. The van der Waals surface area contributed by atoms with Gasteiger partial charge in [-0.25, -0.2) is 4.79 Å². The summed E-state index contributed by atoms with van der Waals surface area (Å²) < 4.78 is 0. The lowest BCUT2D eigenvalue weighted by Gasteiger charge is -2.21. The standard InChI is InChI=1S/C21H23N3O3/c1-15-8-10-17(11-9-15)22-18(25)14-24-19(26)21(2,23-20(24)27)13-12-16-6-4-3-5-7-16/h3-11H,12-14H2,1-2H3,(H,22,25)(H,23,27)/t21-/m0/s1. The van der Waals surface area contributed by atoms with Crippen LogP contribution in [0, 0.1) is 6.92 Å². The summed E-state index contributed by atoms with van der Waals surface area (Å²) in [5.74, 6) is -0.780. The van der Waals surface area contributed by atoms with Crippen molar-refractivity contribution in [2.45, 2.75) is 32.2 Å². The minimum absolute atomic E-state index is 0.306. The Morgan fingerprint density at radius 3 is 2.41 bits per heavy atom. The Balaban J connectivity index is 1.61. The van der Waals surface area contributed by atoms with Crippen LogP contribution in [0.15, 0.2) is 54.6 Å². The Kier molecular flexibility index (Phi) is 5.26. The Morgan fingerprint density at radius 2 is 1.74 bits per heavy atom. The van der Waals surface area contributed by atoms with Crippen LogP contribution in [-0.2, 0) is 16.0 Å². The third-order valence-electron chi connectivity index (χ3n) is 4.74. The number of hydrogen-bond donors (Lipinski definition) is 2. The lowest BCUT2D eigenvalue weighted by Crippen LogP contribution is -2.45. The molecule has 1 saturated heterocycles. The molecule has 6 nitrogen and oxygen atoms in total. The van der Waals surface area contributed by atoms with Crippen LogP contribution in [0.2, 0.25) is 0 Å². The molecule has 0 radical (unpaired) electrons. The van der Waals surface area contributed by atoms with Crippen LogP contribution in [-0.4, -0.2) is 34.8 Å². The van der Waals surface area contributed by atoms with Gasteiger partial charge in [-0.3, -0.25) is 14.5 Å². The predicted octanol–water partition coefficient (Wildman–Crippen LogP) is 2.88. The van der Waals surface area contributed by atoms with E-state index in [1.165, 1.54) is 0 Å². The highest BCUT2D eigenvalue weighted by molar-refractivity contribution is 6.09. The van der Waals surface area contributed by atoms with Gasteiger partial charge in [-0.15, -0.1) is 0 Å². The zero-order valence-electron chi connectivity index (χ0n) is 15.5. The Labute approximate surface area is 158 Å². The third-order valence-corrected chi connectivity index (χ3v) is 4.74. The number of nitrogens with zero attached hydrogens (tertiary/aromatic N) is 1. The third kappa shape index (κ3) is 4.34. The van der Waals surface area contributed by atoms with Crippen molar-refractivity contribution in [1.82, 2.24) is 10.2 Å². The molecule has 140 valence electrons. The normalized spacial score (nSPS) is 19.1. The second-order valence-corrected chi connectivity index (χ2v) is 7.05. The van der Waals surface area contributed by atoms with Gasteiger partial charge in [0.15, 0.2) is 0 Å². The molecule has 0 unspecified atom stereocenters. The maximum atomic E-state index is 12.8. The summed E-state index contributed by atoms with van der Waals surface area (Å²) in [6.07, 6.45) is 1.13. The summed E-state index contributed by atoms with van der Waals surface area (Å²) in [7, 11) is 0. The summed E-state index contributed by atoms with van der Waals surface area (Å²) in [4.78, 5) is 38.2. The number of aryl methyl sites for hydroxylation is 2. The van der Waals surface area contributed by atoms with E-state index in [-0.39, 0.29) is 12.5 Å². The first kappa shape index (κ1) is 18.6. The van der Waals surface area contributed by atoms with Crippen LogP contribution < -0.4 is 10.6 Å². The van der Waals surface area contributed by atoms with Gasteiger partial charge < -0.3 is 10.6 Å². The van der Waals surface area contributed by atoms with Crippen LogP contribution in [0.1, 0.15) is 24.5 Å². The fourth-order valence-corrected chi connectivity index (χ4v) is 3.08. The zero-order chi connectivity index (χ0) is 19.4. The fraction of sp³-hybridized carbons (Fsp3) is 0.286. The molecule has 1 aliphatic heterocycles. The molecule has 0 saturated carbocycles. The number of benzene rings is 2. The number of nitrogens with one attached hydrogen (secondary N) is 2. The van der Waals surface area contributed by atoms with Crippen LogP contribution in [0.3, 0.4) is 0 Å². The molecule has 1 aliphatic rings. The number of carbonyl (C=O) groups excluding carboxylic acids is 3. The minimum atomic E-state index is -1.00. The van der Waals surface area contributed by atoms with E-state index in [0.717, 1.165) is 16.0 Å². The topological polar surface area (TPSA) is 78.5 Å². The smallest absolute Gasteiger partial charge is 0.325 e.